The fourth-order valence-electron chi connectivity index (χ4n) is 0. The first kappa shape index (κ1) is 17.2. The van der Waals surface area contributed by atoms with Crippen molar-refractivity contribution in [2.24, 2.45) is 0 Å². The van der Waals surface area contributed by atoms with E-state index in [4.69, 9.17) is 24.8 Å². The zero-order valence-electron chi connectivity index (χ0n) is 5.17. The summed E-state index contributed by atoms with van der Waals surface area (Å²) in [6.07, 6.45) is 0. The third-order valence-electron chi connectivity index (χ3n) is 0. The van der Waals surface area contributed by atoms with Gasteiger partial charge in [0.1, 0.15) is 0 Å². The number of rotatable bonds is 0. The molecule has 10 nitrogen and oxygen atoms in total. The molecule has 11 heteroatoms. The van der Waals surface area contributed by atoms with Gasteiger partial charge in [-0.15, -0.1) is 0 Å². The van der Waals surface area contributed by atoms with Crippen molar-refractivity contribution in [2.75, 3.05) is 0 Å². The Balaban J connectivity index is -0.0000000933. The third-order valence-corrected chi connectivity index (χ3v) is 0. The van der Waals surface area contributed by atoms with Gasteiger partial charge >= 0.3 is 31.1 Å². The molecule has 0 amide bonds. The zero-order chi connectivity index (χ0) is 9.91. The van der Waals surface area contributed by atoms with Crippen molar-refractivity contribution < 1.29 is 63.3 Å². The van der Waals surface area contributed by atoms with Gasteiger partial charge in [-0.1, -0.05) is 0 Å². The van der Waals surface area contributed by atoms with Crippen LogP contribution in [0.25, 0.3) is 0 Å². The van der Waals surface area contributed by atoms with E-state index in [1.54, 1.807) is 0 Å². The van der Waals surface area contributed by atoms with Crippen LogP contribution in [0, 0.1) is 0 Å². The Bertz CT molecular complexity index is 115. The minimum absolute atomic E-state index is 2.54. The van der Waals surface area contributed by atoms with Gasteiger partial charge in [-0.3, -0.25) is 0 Å². The van der Waals surface area contributed by atoms with Gasteiger partial charge in [0.05, 0.1) is 0 Å². The molecule has 0 bridgehead atoms. The monoisotopic (exact) mass is 262 g/mol. The molecule has 8 N–H and O–H groups in total. The Labute approximate surface area is 64.0 Å². The molecule has 0 radical (unpaired) electrons. The summed E-state index contributed by atoms with van der Waals surface area (Å²) >= 11 is -6.02. The number of hydrogen-bond donors (Lipinski definition) is 4. The van der Waals surface area contributed by atoms with E-state index >= 15 is 0 Å². The number of quaternary nitrogens is 2. The molecule has 11 heavy (non-hydrogen) atoms. The maximum atomic E-state index is 8.63. The first-order valence-electron chi connectivity index (χ1n) is 1.61. The first-order chi connectivity index (χ1) is 4.83. The number of hydrogen-bond acceptors (Lipinski definition) is 8. The molecule has 0 aromatic carbocycles. The second-order valence-electron chi connectivity index (χ2n) is 0.666. The van der Waals surface area contributed by atoms with Crippen LogP contribution in [0.2, 0.25) is 0 Å². The summed E-state index contributed by atoms with van der Waals surface area (Å²) in [6.45, 7) is 0. The third kappa shape index (κ3) is 630000. The fraction of sp³-hybridized carbons (Fsp3) is 0. The van der Waals surface area contributed by atoms with Crippen LogP contribution in [0.1, 0.15) is 0 Å². The molecule has 0 aliphatic heterocycles. The Morgan fingerprint density at radius 2 is 1.09 bits per heavy atom. The van der Waals surface area contributed by atoms with E-state index in [1.165, 1.54) is 0 Å². The Kier molecular flexibility index (Phi) is 19.7. The molecule has 72 valence electrons. The van der Waals surface area contributed by atoms with Crippen LogP contribution in [0.4, 0.5) is 0 Å². The van der Waals surface area contributed by atoms with Crippen LogP contribution in [0.5, 0.6) is 0 Å². The molecule has 0 aliphatic carbocycles. The van der Waals surface area contributed by atoms with Gasteiger partial charge in [0, 0.05) is 0 Å². The summed E-state index contributed by atoms with van der Waals surface area (Å²) in [5, 5.41) is 13.9. The molecular weight excluding hydrogens is 252 g/mol. The molecule has 0 fully saturated rings. The van der Waals surface area contributed by atoms with E-state index in [9.17, 15) is 0 Å². The van der Waals surface area contributed by atoms with Crippen LogP contribution >= 0.6 is 0 Å². The zero-order valence-corrected chi connectivity index (χ0v) is 7.17. The molecule has 0 aromatic rings. The average molecular weight is 260 g/mol. The summed E-state index contributed by atoms with van der Waals surface area (Å²) in [4.78, 5) is 6.00. The second kappa shape index (κ2) is 12.6. The molecule has 0 rings (SSSR count). The Morgan fingerprint density at radius 1 is 1.09 bits per heavy atom. The second-order valence-corrected chi connectivity index (χ2v) is 2.67. The van der Waals surface area contributed by atoms with Crippen LogP contribution in [0.3, 0.4) is 0 Å². The predicted molar refractivity (Wildman–Crippen MR) is 14.6 cm³/mol. The van der Waals surface area contributed by atoms with Crippen molar-refractivity contribution >= 4 is 0 Å². The summed E-state index contributed by atoms with van der Waals surface area (Å²) in [5.41, 5.74) is 0. The first-order valence-corrected chi connectivity index (χ1v) is 4.89. The fourth-order valence-corrected chi connectivity index (χ4v) is 0. The topological polar surface area (TPSA) is 194 Å². The van der Waals surface area contributed by atoms with E-state index in [2.05, 4.69) is 21.8 Å². The summed E-state index contributed by atoms with van der Waals surface area (Å²) < 4.78 is 34.5. The van der Waals surface area contributed by atoms with E-state index in [1.807, 2.05) is 0 Å². The normalized spacial score (nSPS) is 8.55. The van der Waals surface area contributed by atoms with Gasteiger partial charge in [-0.05, 0) is 9.98 Å². The molecule has 0 aliphatic rings. The van der Waals surface area contributed by atoms with Gasteiger partial charge in [0.2, 0.25) is 0 Å². The van der Waals surface area contributed by atoms with Crippen molar-refractivity contribution in [3.8, 4) is 0 Å². The van der Waals surface area contributed by atoms with Crippen LogP contribution in [-0.4, -0.2) is 10.5 Å². The standard InChI is InChI=1S/Mo.2H3NO2.4O/c;2*1-3-2;;;;/h;2*1H3;;;;/q;;;;;2*-1/p+2. The van der Waals surface area contributed by atoms with Gasteiger partial charge in [-0.2, -0.15) is 11.8 Å². The van der Waals surface area contributed by atoms with Gasteiger partial charge in [-0.25, -0.2) is 10.5 Å². The molecule has 0 aromatic heterocycles. The van der Waals surface area contributed by atoms with E-state index < -0.39 is 16.7 Å². The minimum atomic E-state index is -6.02. The van der Waals surface area contributed by atoms with Crippen molar-refractivity contribution in [1.29, 1.82) is 0 Å². The average Bonchev–Trinajstić information content (AvgIpc) is 1.62. The van der Waals surface area contributed by atoms with E-state index in [-0.39, 0.29) is 0 Å². The molecule has 0 spiro atoms. The molecular formula is H8MoN2O8. The van der Waals surface area contributed by atoms with Gasteiger partial charge in [0.25, 0.3) is 0 Å². The summed E-state index contributed by atoms with van der Waals surface area (Å²) in [6, 6.07) is 0. The summed E-state index contributed by atoms with van der Waals surface area (Å²) in [5.74, 6) is 5.08. The van der Waals surface area contributed by atoms with Crippen LogP contribution in [0.15, 0.2) is 0 Å². The van der Waals surface area contributed by atoms with Crippen molar-refractivity contribution in [3.05, 3.63) is 0 Å². The van der Waals surface area contributed by atoms with Gasteiger partial charge < -0.3 is 0 Å². The van der Waals surface area contributed by atoms with Crippen molar-refractivity contribution in [1.82, 2.24) is 0 Å². The van der Waals surface area contributed by atoms with Crippen LogP contribution < -0.4 is 19.3 Å². The van der Waals surface area contributed by atoms with Gasteiger partial charge in [0.15, 0.2) is 0 Å². The summed E-state index contributed by atoms with van der Waals surface area (Å²) in [7, 11) is 0. The van der Waals surface area contributed by atoms with Crippen molar-refractivity contribution in [2.45, 2.75) is 0 Å². The quantitative estimate of drug-likeness (QED) is 0.188. The molecule has 0 atom stereocenters. The SMILES string of the molecule is [NH3+]OO.[NH3+]OO.[O]=[Mo](=[O])([O-])[O-]. The van der Waals surface area contributed by atoms with Crippen molar-refractivity contribution in [3.63, 3.8) is 0 Å². The predicted octanol–water partition coefficient (Wildman–Crippen LogP) is -5.35. The van der Waals surface area contributed by atoms with Crippen LogP contribution in [-0.2, 0) is 33.5 Å². The van der Waals surface area contributed by atoms with E-state index in [0.717, 1.165) is 0 Å². The molecule has 0 heterocycles. The Morgan fingerprint density at radius 3 is 1.09 bits per heavy atom. The maximum absolute atomic E-state index is 8.63. The van der Waals surface area contributed by atoms with E-state index in [0.29, 0.717) is 0 Å². The molecule has 0 saturated heterocycles. The molecule has 0 unspecified atom stereocenters. The molecule has 0 saturated carbocycles. The Hall–Kier alpha value is -0.0317.